The highest BCUT2D eigenvalue weighted by Gasteiger charge is 2.48. The quantitative estimate of drug-likeness (QED) is 0.0436. The van der Waals surface area contributed by atoms with Gasteiger partial charge in [0.15, 0.2) is 57.2 Å². The summed E-state index contributed by atoms with van der Waals surface area (Å²) in [5.74, 6) is 6.19. The molecular formula is C56H76N2O12S4. The van der Waals surface area contributed by atoms with Crippen molar-refractivity contribution in [2.75, 3.05) is 106 Å². The summed E-state index contributed by atoms with van der Waals surface area (Å²) in [5, 5.41) is 0. The topological polar surface area (TPSA) is 133 Å². The fourth-order valence-corrected chi connectivity index (χ4v) is 15.6. The predicted octanol–water partition coefficient (Wildman–Crippen LogP) is 10.9. The van der Waals surface area contributed by atoms with Crippen LogP contribution in [0.3, 0.4) is 0 Å². The number of hydrogen-bond donors (Lipinski definition) is 0. The summed E-state index contributed by atoms with van der Waals surface area (Å²) in [7, 11) is 12.8. The van der Waals surface area contributed by atoms with Gasteiger partial charge in [-0.15, -0.1) is 47.0 Å². The second-order valence-corrected chi connectivity index (χ2v) is 24.7. The zero-order valence-electron chi connectivity index (χ0n) is 45.3. The van der Waals surface area contributed by atoms with Crippen molar-refractivity contribution in [3.8, 4) is 46.0 Å². The van der Waals surface area contributed by atoms with Gasteiger partial charge in [-0.1, -0.05) is 38.1 Å². The number of carbonyl (C=O) groups is 2. The molecule has 2 unspecified atom stereocenters. The molecule has 0 N–H and O–H groups in total. The lowest BCUT2D eigenvalue weighted by Crippen LogP contribution is -2.54. The van der Waals surface area contributed by atoms with Crippen LogP contribution in [-0.4, -0.2) is 136 Å². The van der Waals surface area contributed by atoms with Crippen LogP contribution in [0.1, 0.15) is 75.6 Å². The van der Waals surface area contributed by atoms with Crippen LogP contribution in [0, 0.1) is 0 Å². The average Bonchev–Trinajstić information content (AvgIpc) is 3.43. The number of methoxy groups -OCH3 is 8. The van der Waals surface area contributed by atoms with Gasteiger partial charge in [-0.05, 0) is 135 Å². The lowest BCUT2D eigenvalue weighted by molar-refractivity contribution is -0.191. The van der Waals surface area contributed by atoms with Gasteiger partial charge < -0.3 is 47.4 Å². The Morgan fingerprint density at radius 2 is 0.757 bits per heavy atom. The largest absolute Gasteiger partial charge is 0.493 e. The number of carbonyl (C=O) groups excluding carboxylic acids is 2. The molecule has 0 spiro atoms. The summed E-state index contributed by atoms with van der Waals surface area (Å²) < 4.78 is 58.3. The fourth-order valence-electron chi connectivity index (χ4n) is 9.50. The van der Waals surface area contributed by atoms with E-state index in [2.05, 4.69) is 23.6 Å². The molecule has 0 aliphatic carbocycles. The van der Waals surface area contributed by atoms with Gasteiger partial charge in [0.25, 0.3) is 0 Å². The van der Waals surface area contributed by atoms with E-state index >= 15 is 9.59 Å². The highest BCUT2D eigenvalue weighted by molar-refractivity contribution is 8.19. The van der Waals surface area contributed by atoms with E-state index in [4.69, 9.17) is 47.4 Å². The van der Waals surface area contributed by atoms with Crippen molar-refractivity contribution in [3.05, 3.63) is 95.1 Å². The van der Waals surface area contributed by atoms with Gasteiger partial charge >= 0.3 is 11.9 Å². The Bertz CT molecular complexity index is 2320. The van der Waals surface area contributed by atoms with E-state index < -0.39 is 31.5 Å². The molecule has 2 heterocycles. The summed E-state index contributed by atoms with van der Waals surface area (Å²) >= 11 is 7.49. The van der Waals surface area contributed by atoms with E-state index in [1.165, 1.54) is 0 Å². The minimum Gasteiger partial charge on any atom is -0.493 e. The number of benzene rings is 4. The molecule has 6 rings (SSSR count). The monoisotopic (exact) mass is 1100 g/mol. The third kappa shape index (κ3) is 13.7. The lowest BCUT2D eigenvalue weighted by atomic mass is 9.89. The summed E-state index contributed by atoms with van der Waals surface area (Å²) in [4.78, 5) is 35.1. The molecule has 0 radical (unpaired) electrons. The van der Waals surface area contributed by atoms with Gasteiger partial charge in [-0.2, -0.15) is 0 Å². The average molecular weight is 1100 g/mol. The SMILES string of the molecule is CCC(CN(CCc1ccc(OC)c(OC)c1)C1(C)SCCCS1)(OC(=O)C(=O)OC(CC)(CN(CCc1ccc(OC)c(OC)c1)C1(C)SCCCS1)c1ccc(OC)c(OC)c1)c1ccc(OC)c(OC)c1. The molecule has 0 aromatic heterocycles. The molecule has 4 aromatic rings. The van der Waals surface area contributed by atoms with Gasteiger partial charge in [0.05, 0.1) is 56.9 Å². The van der Waals surface area contributed by atoms with E-state index in [1.807, 2.05) is 134 Å². The van der Waals surface area contributed by atoms with E-state index in [0.717, 1.165) is 47.0 Å². The molecule has 0 bridgehead atoms. The Hall–Kier alpha value is -4.46. The van der Waals surface area contributed by atoms with Crippen molar-refractivity contribution in [1.82, 2.24) is 9.80 Å². The number of rotatable bonds is 26. The first-order valence-corrected chi connectivity index (χ1v) is 29.0. The van der Waals surface area contributed by atoms with Crippen LogP contribution in [0.25, 0.3) is 0 Å². The highest BCUT2D eigenvalue weighted by Crippen LogP contribution is 2.49. The molecule has 18 heteroatoms. The summed E-state index contributed by atoms with van der Waals surface area (Å²) in [6.07, 6.45) is 4.08. The second-order valence-electron chi connectivity index (χ2n) is 18.2. The van der Waals surface area contributed by atoms with Gasteiger partial charge in [0, 0.05) is 37.3 Å². The molecule has 2 aliphatic rings. The molecule has 0 amide bonds. The first-order valence-electron chi connectivity index (χ1n) is 25.0. The smallest absolute Gasteiger partial charge is 0.418 e. The molecule has 2 saturated heterocycles. The van der Waals surface area contributed by atoms with E-state index in [1.54, 1.807) is 56.9 Å². The van der Waals surface area contributed by atoms with Gasteiger partial charge in [-0.25, -0.2) is 9.59 Å². The van der Waals surface area contributed by atoms with Gasteiger partial charge in [0.2, 0.25) is 0 Å². The molecule has 74 heavy (non-hydrogen) atoms. The number of nitrogens with zero attached hydrogens (tertiary/aromatic N) is 2. The third-order valence-corrected chi connectivity index (χ3v) is 20.6. The number of thioether (sulfide) groups is 4. The van der Waals surface area contributed by atoms with E-state index in [-0.39, 0.29) is 13.1 Å². The van der Waals surface area contributed by atoms with Crippen molar-refractivity contribution in [3.63, 3.8) is 0 Å². The summed E-state index contributed by atoms with van der Waals surface area (Å²) in [6, 6.07) is 23.0. The van der Waals surface area contributed by atoms with Gasteiger partial charge in [0.1, 0.15) is 8.41 Å². The van der Waals surface area contributed by atoms with Crippen molar-refractivity contribution >= 4 is 59.0 Å². The van der Waals surface area contributed by atoms with E-state index in [9.17, 15) is 0 Å². The maximum absolute atomic E-state index is 15.1. The first-order chi connectivity index (χ1) is 35.6. The van der Waals surface area contributed by atoms with Crippen molar-refractivity contribution in [2.45, 2.75) is 85.8 Å². The van der Waals surface area contributed by atoms with Crippen LogP contribution in [0.5, 0.6) is 46.0 Å². The molecule has 0 saturated carbocycles. The minimum atomic E-state index is -1.37. The van der Waals surface area contributed by atoms with Crippen molar-refractivity contribution in [2.24, 2.45) is 0 Å². The van der Waals surface area contributed by atoms with Gasteiger partial charge in [-0.3, -0.25) is 9.80 Å². The minimum absolute atomic E-state index is 0.243. The van der Waals surface area contributed by atoms with Crippen LogP contribution in [0.15, 0.2) is 72.8 Å². The van der Waals surface area contributed by atoms with Crippen LogP contribution in [0.2, 0.25) is 0 Å². The zero-order chi connectivity index (χ0) is 53.5. The Labute approximate surface area is 456 Å². The van der Waals surface area contributed by atoms with Crippen LogP contribution < -0.4 is 37.9 Å². The third-order valence-electron chi connectivity index (χ3n) is 14.0. The second kappa shape index (κ2) is 27.0. The lowest BCUT2D eigenvalue weighted by Gasteiger charge is -2.47. The van der Waals surface area contributed by atoms with Crippen LogP contribution >= 0.6 is 47.0 Å². The first kappa shape index (κ1) is 58.8. The molecule has 406 valence electrons. The van der Waals surface area contributed by atoms with Crippen LogP contribution in [0.4, 0.5) is 0 Å². The summed E-state index contributed by atoms with van der Waals surface area (Å²) in [6.45, 7) is 10.1. The Morgan fingerprint density at radius 3 is 1.05 bits per heavy atom. The van der Waals surface area contributed by atoms with Crippen LogP contribution in [-0.2, 0) is 43.1 Å². The zero-order valence-corrected chi connectivity index (χ0v) is 48.5. The normalized spacial score (nSPS) is 16.8. The number of ether oxygens (including phenoxy) is 10. The fraction of sp³-hybridized carbons (Fsp3) is 0.536. The van der Waals surface area contributed by atoms with Crippen molar-refractivity contribution < 1.29 is 57.0 Å². The summed E-state index contributed by atoms with van der Waals surface area (Å²) in [5.41, 5.74) is 0.651. The molecule has 2 aliphatic heterocycles. The molecule has 14 nitrogen and oxygen atoms in total. The molecular weight excluding hydrogens is 1020 g/mol. The Balaban J connectivity index is 1.42. The van der Waals surface area contributed by atoms with E-state index in [0.29, 0.717) is 95.9 Å². The molecule has 2 atom stereocenters. The molecule has 2 fully saturated rings. The Kier molecular flexibility index (Phi) is 21.5. The number of esters is 2. The maximum Gasteiger partial charge on any atom is 0.418 e. The maximum atomic E-state index is 15.1. The Morgan fingerprint density at radius 1 is 0.459 bits per heavy atom. The molecule has 4 aromatic carbocycles. The highest BCUT2D eigenvalue weighted by atomic mass is 32.2. The number of hydrogen-bond acceptors (Lipinski definition) is 18. The van der Waals surface area contributed by atoms with Crippen molar-refractivity contribution in [1.29, 1.82) is 0 Å². The standard InChI is InChI=1S/C56H76N2O12S4/c1-13-55(41-19-23-45(63-7)49(35-41)67-11,37-57(53(3)71-29-15-30-72-53)27-25-39-17-21-43(61-5)47(33-39)65-9)69-51(59)52(60)70-56(14-2,42-20-24-46(64-8)50(36-42)68-12)38-58(54(4)73-31-16-32-74-54)28-26-40-18-22-44(62-6)48(34-40)66-10/h17-24,33-36H,13-16,25-32,37-38H2,1-12H3. The predicted molar refractivity (Wildman–Crippen MR) is 301 cm³/mol.